The van der Waals surface area contributed by atoms with Crippen LogP contribution in [0.3, 0.4) is 0 Å². The Hall–Kier alpha value is -1.65. The van der Waals surface area contributed by atoms with Gasteiger partial charge in [0.15, 0.2) is 4.96 Å². The third-order valence-electron chi connectivity index (χ3n) is 4.52. The van der Waals surface area contributed by atoms with Crippen LogP contribution in [0.25, 0.3) is 16.2 Å². The van der Waals surface area contributed by atoms with E-state index in [1.54, 1.807) is 0 Å². The van der Waals surface area contributed by atoms with E-state index in [1.807, 2.05) is 11.3 Å². The molecule has 0 amide bonds. The second-order valence-corrected chi connectivity index (χ2v) is 7.17. The maximum atomic E-state index is 5.89. The molecule has 1 aliphatic carbocycles. The highest BCUT2D eigenvalue weighted by Crippen LogP contribution is 2.35. The van der Waals surface area contributed by atoms with Gasteiger partial charge in [0.2, 0.25) is 0 Å². The summed E-state index contributed by atoms with van der Waals surface area (Å²) >= 11 is 1.87. The molecule has 4 heteroatoms. The van der Waals surface area contributed by atoms with E-state index >= 15 is 0 Å². The molecule has 1 aliphatic rings. The lowest BCUT2D eigenvalue weighted by atomic mass is 10.0. The van der Waals surface area contributed by atoms with Crippen LogP contribution in [0.4, 0.5) is 0 Å². The highest BCUT2D eigenvalue weighted by Gasteiger charge is 2.22. The van der Waals surface area contributed by atoms with Crippen molar-refractivity contribution in [3.8, 4) is 11.3 Å². The zero-order chi connectivity index (χ0) is 15.1. The molecule has 2 N–H and O–H groups in total. The van der Waals surface area contributed by atoms with Crippen molar-refractivity contribution in [2.45, 2.75) is 39.0 Å². The fourth-order valence-corrected chi connectivity index (χ4v) is 4.63. The average Bonchev–Trinajstić information content (AvgIpc) is 3.05. The van der Waals surface area contributed by atoms with Gasteiger partial charge in [-0.3, -0.25) is 4.40 Å². The van der Waals surface area contributed by atoms with Crippen molar-refractivity contribution in [3.05, 3.63) is 46.1 Å². The van der Waals surface area contributed by atoms with E-state index in [9.17, 15) is 0 Å². The Morgan fingerprint density at radius 2 is 1.95 bits per heavy atom. The lowest BCUT2D eigenvalue weighted by Crippen LogP contribution is -2.09. The predicted molar refractivity (Wildman–Crippen MR) is 92.6 cm³/mol. The first-order valence-electron chi connectivity index (χ1n) is 8.07. The van der Waals surface area contributed by atoms with Crippen molar-refractivity contribution in [2.75, 3.05) is 6.54 Å². The number of hydrogen-bond donors (Lipinski definition) is 1. The van der Waals surface area contributed by atoms with Crippen molar-refractivity contribution >= 4 is 16.3 Å². The SMILES string of the molecule is Cc1ccc(-c2nc3sc4c(n3c2CCN)CCCC4)cc1. The molecule has 2 aromatic heterocycles. The lowest BCUT2D eigenvalue weighted by molar-refractivity contribution is 0.669. The van der Waals surface area contributed by atoms with Gasteiger partial charge in [0.1, 0.15) is 0 Å². The van der Waals surface area contributed by atoms with E-state index in [1.165, 1.54) is 53.1 Å². The van der Waals surface area contributed by atoms with Gasteiger partial charge < -0.3 is 5.73 Å². The average molecular weight is 311 g/mol. The molecule has 0 fully saturated rings. The first kappa shape index (κ1) is 14.0. The number of fused-ring (bicyclic) bond motifs is 3. The highest BCUT2D eigenvalue weighted by atomic mass is 32.1. The summed E-state index contributed by atoms with van der Waals surface area (Å²) in [7, 11) is 0. The van der Waals surface area contributed by atoms with Crippen LogP contribution in [-0.2, 0) is 19.3 Å². The van der Waals surface area contributed by atoms with Gasteiger partial charge >= 0.3 is 0 Å². The zero-order valence-corrected chi connectivity index (χ0v) is 13.7. The second kappa shape index (κ2) is 5.52. The maximum Gasteiger partial charge on any atom is 0.194 e. The van der Waals surface area contributed by atoms with Crippen molar-refractivity contribution in [1.82, 2.24) is 9.38 Å². The van der Waals surface area contributed by atoms with Gasteiger partial charge in [-0.25, -0.2) is 4.98 Å². The van der Waals surface area contributed by atoms with Gasteiger partial charge in [0.05, 0.1) is 11.4 Å². The molecule has 3 aromatic rings. The van der Waals surface area contributed by atoms with Gasteiger partial charge in [-0.2, -0.15) is 0 Å². The normalized spacial score (nSPS) is 14.5. The Bertz CT molecular complexity index is 811. The smallest absolute Gasteiger partial charge is 0.194 e. The summed E-state index contributed by atoms with van der Waals surface area (Å²) < 4.78 is 2.40. The number of imidazole rings is 1. The van der Waals surface area contributed by atoms with Crippen molar-refractivity contribution in [1.29, 1.82) is 0 Å². The molecule has 114 valence electrons. The molecule has 0 unspecified atom stereocenters. The molecule has 0 saturated heterocycles. The van der Waals surface area contributed by atoms with Crippen molar-refractivity contribution < 1.29 is 0 Å². The third kappa shape index (κ3) is 2.18. The van der Waals surface area contributed by atoms with E-state index in [0.29, 0.717) is 6.54 Å². The number of thiazole rings is 1. The van der Waals surface area contributed by atoms with Gasteiger partial charge in [0.25, 0.3) is 0 Å². The number of rotatable bonds is 3. The molecule has 0 bridgehead atoms. The standard InChI is InChI=1S/C18H21N3S/c1-12-6-8-13(9-7-12)17-15(10-11-19)21-14-4-2-3-5-16(14)22-18(21)20-17/h6-9H,2-5,10-11,19H2,1H3. The largest absolute Gasteiger partial charge is 0.330 e. The van der Waals surface area contributed by atoms with Gasteiger partial charge in [0, 0.05) is 22.6 Å². The summed E-state index contributed by atoms with van der Waals surface area (Å²) in [6.45, 7) is 2.78. The van der Waals surface area contributed by atoms with Crippen molar-refractivity contribution in [2.24, 2.45) is 5.73 Å². The fraction of sp³-hybridized carbons (Fsp3) is 0.389. The number of benzene rings is 1. The Morgan fingerprint density at radius 1 is 1.18 bits per heavy atom. The van der Waals surface area contributed by atoms with E-state index in [4.69, 9.17) is 10.7 Å². The molecule has 2 heterocycles. The van der Waals surface area contributed by atoms with E-state index in [0.717, 1.165) is 17.1 Å². The van der Waals surface area contributed by atoms with Gasteiger partial charge in [-0.15, -0.1) is 11.3 Å². The first-order chi connectivity index (χ1) is 10.8. The Balaban J connectivity index is 1.93. The van der Waals surface area contributed by atoms with Crippen molar-refractivity contribution in [3.63, 3.8) is 0 Å². The maximum absolute atomic E-state index is 5.89. The first-order valence-corrected chi connectivity index (χ1v) is 8.88. The molecule has 1 aromatic carbocycles. The minimum atomic E-state index is 0.664. The number of hydrogen-bond acceptors (Lipinski definition) is 3. The molecule has 0 radical (unpaired) electrons. The molecule has 4 rings (SSSR count). The third-order valence-corrected chi connectivity index (χ3v) is 5.66. The molecular formula is C18H21N3S. The van der Waals surface area contributed by atoms with Crippen LogP contribution in [0.2, 0.25) is 0 Å². The lowest BCUT2D eigenvalue weighted by Gasteiger charge is -2.12. The van der Waals surface area contributed by atoms with Crippen LogP contribution in [-0.4, -0.2) is 15.9 Å². The van der Waals surface area contributed by atoms with Crippen LogP contribution < -0.4 is 5.73 Å². The Labute approximate surface area is 134 Å². The van der Waals surface area contributed by atoms with Crippen LogP contribution >= 0.6 is 11.3 Å². The predicted octanol–water partition coefficient (Wildman–Crippen LogP) is 3.75. The van der Waals surface area contributed by atoms with Crippen LogP contribution in [0.5, 0.6) is 0 Å². The summed E-state index contributed by atoms with van der Waals surface area (Å²) in [5, 5.41) is 0. The van der Waals surface area contributed by atoms with E-state index in [-0.39, 0.29) is 0 Å². The highest BCUT2D eigenvalue weighted by molar-refractivity contribution is 7.17. The molecule has 3 nitrogen and oxygen atoms in total. The second-order valence-electron chi connectivity index (χ2n) is 6.11. The Morgan fingerprint density at radius 3 is 2.73 bits per heavy atom. The molecule has 0 spiro atoms. The summed E-state index contributed by atoms with van der Waals surface area (Å²) in [5.41, 5.74) is 12.3. The molecule has 0 aliphatic heterocycles. The summed E-state index contributed by atoms with van der Waals surface area (Å²) in [6, 6.07) is 8.66. The molecule has 0 atom stereocenters. The number of aryl methyl sites for hydroxylation is 3. The summed E-state index contributed by atoms with van der Waals surface area (Å²) in [6.07, 6.45) is 5.88. The fourth-order valence-electron chi connectivity index (χ4n) is 3.41. The quantitative estimate of drug-likeness (QED) is 0.800. The minimum Gasteiger partial charge on any atom is -0.330 e. The zero-order valence-electron chi connectivity index (χ0n) is 12.9. The molecular weight excluding hydrogens is 290 g/mol. The summed E-state index contributed by atoms with van der Waals surface area (Å²) in [5.74, 6) is 0. The van der Waals surface area contributed by atoms with Crippen LogP contribution in [0.15, 0.2) is 24.3 Å². The van der Waals surface area contributed by atoms with E-state index in [2.05, 4.69) is 35.6 Å². The Kier molecular flexibility index (Phi) is 3.51. The number of nitrogens with two attached hydrogens (primary N) is 1. The topological polar surface area (TPSA) is 43.3 Å². The van der Waals surface area contributed by atoms with Crippen LogP contribution in [0.1, 0.15) is 34.7 Å². The van der Waals surface area contributed by atoms with Crippen LogP contribution in [0, 0.1) is 6.92 Å². The van der Waals surface area contributed by atoms with E-state index < -0.39 is 0 Å². The molecule has 22 heavy (non-hydrogen) atoms. The summed E-state index contributed by atoms with van der Waals surface area (Å²) in [4.78, 5) is 7.64. The van der Waals surface area contributed by atoms with Gasteiger partial charge in [-0.1, -0.05) is 29.8 Å². The van der Waals surface area contributed by atoms with Gasteiger partial charge in [-0.05, 0) is 39.2 Å². The monoisotopic (exact) mass is 311 g/mol. The minimum absolute atomic E-state index is 0.664. The number of nitrogens with zero attached hydrogens (tertiary/aromatic N) is 2. The molecule has 0 saturated carbocycles. The number of aromatic nitrogens is 2.